The maximum atomic E-state index is 12.4. The highest BCUT2D eigenvalue weighted by molar-refractivity contribution is 8.01. The second kappa shape index (κ2) is 5.75. The molecule has 1 aromatic rings. The molecule has 4 N–H and O–H groups in total. The number of amidine groups is 1. The van der Waals surface area contributed by atoms with Crippen molar-refractivity contribution >= 4 is 29.2 Å². The van der Waals surface area contributed by atoms with Crippen molar-refractivity contribution in [1.82, 2.24) is 0 Å². The Kier molecular flexibility index (Phi) is 4.23. The van der Waals surface area contributed by atoms with Gasteiger partial charge in [-0.2, -0.15) is 0 Å². The summed E-state index contributed by atoms with van der Waals surface area (Å²) in [6.45, 7) is 3.81. The van der Waals surface area contributed by atoms with Crippen molar-refractivity contribution in [2.45, 2.75) is 31.4 Å². The van der Waals surface area contributed by atoms with Crippen molar-refractivity contribution in [2.75, 3.05) is 11.1 Å². The zero-order valence-electron chi connectivity index (χ0n) is 11.6. The van der Waals surface area contributed by atoms with Gasteiger partial charge in [-0.15, -0.1) is 11.8 Å². The number of thioether (sulfide) groups is 1. The van der Waals surface area contributed by atoms with Gasteiger partial charge < -0.3 is 16.3 Å². The summed E-state index contributed by atoms with van der Waals surface area (Å²) in [5.41, 5.74) is 7.70. The molecule has 0 saturated carbocycles. The third kappa shape index (κ3) is 2.75. The van der Waals surface area contributed by atoms with Crippen molar-refractivity contribution in [3.8, 4) is 0 Å². The average molecular weight is 293 g/mol. The summed E-state index contributed by atoms with van der Waals surface area (Å²) >= 11 is 1.67. The summed E-state index contributed by atoms with van der Waals surface area (Å²) in [5.74, 6) is 0.977. The lowest BCUT2D eigenvalue weighted by molar-refractivity contribution is -0.118. The van der Waals surface area contributed by atoms with E-state index in [1.807, 2.05) is 26.0 Å². The molecule has 1 aliphatic heterocycles. The van der Waals surface area contributed by atoms with Gasteiger partial charge >= 0.3 is 0 Å². The highest BCUT2D eigenvalue weighted by Crippen LogP contribution is 2.38. The SMILES string of the molecule is Cc1cccc(NC(=O)C2(C)CCCS2)c1/C(N)=N/O. The van der Waals surface area contributed by atoms with Gasteiger partial charge in [0.2, 0.25) is 5.91 Å². The van der Waals surface area contributed by atoms with Crippen molar-refractivity contribution in [3.63, 3.8) is 0 Å². The van der Waals surface area contributed by atoms with Crippen LogP contribution in [0.3, 0.4) is 0 Å². The second-order valence-electron chi connectivity index (χ2n) is 5.12. The normalized spacial score (nSPS) is 22.8. The lowest BCUT2D eigenvalue weighted by Crippen LogP contribution is -2.35. The number of nitrogens with zero attached hydrogens (tertiary/aromatic N) is 1. The number of hydrogen-bond donors (Lipinski definition) is 3. The van der Waals surface area contributed by atoms with E-state index in [1.54, 1.807) is 17.8 Å². The monoisotopic (exact) mass is 293 g/mol. The smallest absolute Gasteiger partial charge is 0.240 e. The van der Waals surface area contributed by atoms with E-state index in [4.69, 9.17) is 10.9 Å². The molecule has 1 amide bonds. The number of benzene rings is 1. The van der Waals surface area contributed by atoms with Gasteiger partial charge in [0.15, 0.2) is 5.84 Å². The number of nitrogens with two attached hydrogens (primary N) is 1. The Morgan fingerprint density at radius 2 is 2.30 bits per heavy atom. The van der Waals surface area contributed by atoms with Crippen LogP contribution < -0.4 is 11.1 Å². The summed E-state index contributed by atoms with van der Waals surface area (Å²) in [6, 6.07) is 5.46. The van der Waals surface area contributed by atoms with E-state index in [0.29, 0.717) is 11.3 Å². The maximum Gasteiger partial charge on any atom is 0.240 e. The quantitative estimate of drug-likeness (QED) is 0.345. The molecule has 1 saturated heterocycles. The number of anilines is 1. The number of aryl methyl sites for hydroxylation is 1. The molecule has 1 aromatic carbocycles. The van der Waals surface area contributed by atoms with Crippen LogP contribution >= 0.6 is 11.8 Å². The molecular formula is C14H19N3O2S. The van der Waals surface area contributed by atoms with Crippen molar-refractivity contribution < 1.29 is 10.0 Å². The molecule has 1 aliphatic rings. The third-order valence-corrected chi connectivity index (χ3v) is 5.10. The fourth-order valence-corrected chi connectivity index (χ4v) is 3.58. The minimum Gasteiger partial charge on any atom is -0.409 e. The van der Waals surface area contributed by atoms with Crippen molar-refractivity contribution in [3.05, 3.63) is 29.3 Å². The minimum absolute atomic E-state index is 0.00243. The van der Waals surface area contributed by atoms with Crippen LogP contribution in [-0.2, 0) is 4.79 Å². The molecule has 1 atom stereocenters. The Morgan fingerprint density at radius 3 is 2.90 bits per heavy atom. The van der Waals surface area contributed by atoms with Crippen LogP contribution in [0.4, 0.5) is 5.69 Å². The molecule has 108 valence electrons. The van der Waals surface area contributed by atoms with Crippen LogP contribution in [-0.4, -0.2) is 27.4 Å². The van der Waals surface area contributed by atoms with Gasteiger partial charge in [-0.3, -0.25) is 4.79 Å². The Morgan fingerprint density at radius 1 is 1.55 bits per heavy atom. The first-order chi connectivity index (χ1) is 9.48. The Balaban J connectivity index is 2.30. The molecule has 5 nitrogen and oxygen atoms in total. The van der Waals surface area contributed by atoms with Gasteiger partial charge in [0.25, 0.3) is 0 Å². The lowest BCUT2D eigenvalue weighted by Gasteiger charge is -2.22. The zero-order valence-corrected chi connectivity index (χ0v) is 12.5. The molecule has 0 spiro atoms. The predicted molar refractivity (Wildman–Crippen MR) is 82.4 cm³/mol. The minimum atomic E-state index is -0.397. The van der Waals surface area contributed by atoms with E-state index in [9.17, 15) is 4.79 Å². The number of rotatable bonds is 3. The number of carbonyl (C=O) groups excluding carboxylic acids is 1. The Bertz CT molecular complexity index is 551. The molecule has 0 bridgehead atoms. The van der Waals surface area contributed by atoms with E-state index in [0.717, 1.165) is 24.2 Å². The van der Waals surface area contributed by atoms with E-state index in [2.05, 4.69) is 10.5 Å². The highest BCUT2D eigenvalue weighted by atomic mass is 32.2. The first kappa shape index (κ1) is 14.7. The standard InChI is InChI=1S/C14H19N3O2S/c1-9-5-3-6-10(11(9)12(15)17-19)16-13(18)14(2)7-4-8-20-14/h3,5-6,19H,4,7-8H2,1-2H3,(H2,15,17)(H,16,18). The molecule has 0 aromatic heterocycles. The van der Waals surface area contributed by atoms with Gasteiger partial charge in [0, 0.05) is 5.56 Å². The van der Waals surface area contributed by atoms with Crippen LogP contribution in [0.2, 0.25) is 0 Å². The molecule has 1 fully saturated rings. The third-order valence-electron chi connectivity index (χ3n) is 3.58. The van der Waals surface area contributed by atoms with Crippen LogP contribution in [0.1, 0.15) is 30.9 Å². The largest absolute Gasteiger partial charge is 0.409 e. The summed E-state index contributed by atoms with van der Waals surface area (Å²) < 4.78 is -0.397. The van der Waals surface area contributed by atoms with E-state index in [1.165, 1.54) is 0 Å². The summed E-state index contributed by atoms with van der Waals surface area (Å²) in [6.07, 6.45) is 1.92. The number of oxime groups is 1. The second-order valence-corrected chi connectivity index (χ2v) is 6.72. The molecule has 1 unspecified atom stereocenters. The highest BCUT2D eigenvalue weighted by Gasteiger charge is 2.37. The summed E-state index contributed by atoms with van der Waals surface area (Å²) in [4.78, 5) is 12.4. The van der Waals surface area contributed by atoms with Gasteiger partial charge in [0.05, 0.1) is 10.4 Å². The van der Waals surface area contributed by atoms with Gasteiger partial charge in [-0.05, 0) is 44.1 Å². The molecule has 20 heavy (non-hydrogen) atoms. The van der Waals surface area contributed by atoms with Crippen LogP contribution in [0.15, 0.2) is 23.4 Å². The van der Waals surface area contributed by atoms with Gasteiger partial charge in [0.1, 0.15) is 0 Å². The lowest BCUT2D eigenvalue weighted by atomic mass is 10.0. The van der Waals surface area contributed by atoms with Crippen molar-refractivity contribution in [1.29, 1.82) is 0 Å². The number of hydrogen-bond acceptors (Lipinski definition) is 4. The van der Waals surface area contributed by atoms with E-state index < -0.39 is 4.75 Å². The fraction of sp³-hybridized carbons (Fsp3) is 0.429. The summed E-state index contributed by atoms with van der Waals surface area (Å²) in [5, 5.41) is 14.8. The van der Waals surface area contributed by atoms with Crippen molar-refractivity contribution in [2.24, 2.45) is 10.9 Å². The summed E-state index contributed by atoms with van der Waals surface area (Å²) in [7, 11) is 0. The fourth-order valence-electron chi connectivity index (χ4n) is 2.37. The first-order valence-corrected chi connectivity index (χ1v) is 7.49. The van der Waals surface area contributed by atoms with Crippen LogP contribution in [0.5, 0.6) is 0 Å². The zero-order chi connectivity index (χ0) is 14.8. The average Bonchev–Trinajstić information content (AvgIpc) is 2.86. The number of nitrogens with one attached hydrogen (secondary N) is 1. The van der Waals surface area contributed by atoms with Crippen LogP contribution in [0.25, 0.3) is 0 Å². The molecular weight excluding hydrogens is 274 g/mol. The van der Waals surface area contributed by atoms with Gasteiger partial charge in [-0.25, -0.2) is 0 Å². The first-order valence-electron chi connectivity index (χ1n) is 6.51. The maximum absolute atomic E-state index is 12.4. The number of amides is 1. The van der Waals surface area contributed by atoms with Crippen LogP contribution in [0, 0.1) is 6.92 Å². The van der Waals surface area contributed by atoms with E-state index >= 15 is 0 Å². The van der Waals surface area contributed by atoms with E-state index in [-0.39, 0.29) is 11.7 Å². The molecule has 0 radical (unpaired) electrons. The Labute approximate surface area is 122 Å². The number of carbonyl (C=O) groups is 1. The predicted octanol–water partition coefficient (Wildman–Crippen LogP) is 2.31. The molecule has 1 heterocycles. The Hall–Kier alpha value is -1.69. The molecule has 6 heteroatoms. The van der Waals surface area contributed by atoms with Gasteiger partial charge in [-0.1, -0.05) is 17.3 Å². The molecule has 2 rings (SSSR count). The molecule has 0 aliphatic carbocycles. The topological polar surface area (TPSA) is 87.7 Å².